The number of carbonyl (C=O) groups is 1. The van der Waals surface area contributed by atoms with Crippen LogP contribution >= 0.6 is 11.3 Å². The third kappa shape index (κ3) is 3.54. The third-order valence-corrected chi connectivity index (χ3v) is 6.09. The van der Waals surface area contributed by atoms with Gasteiger partial charge >= 0.3 is 0 Å². The Bertz CT molecular complexity index is 1480. The van der Waals surface area contributed by atoms with Crippen molar-refractivity contribution in [2.24, 2.45) is 0 Å². The molecule has 5 aromatic rings. The van der Waals surface area contributed by atoms with E-state index in [0.29, 0.717) is 17.0 Å². The lowest BCUT2D eigenvalue weighted by Gasteiger charge is -2.04. The van der Waals surface area contributed by atoms with Crippen LogP contribution in [-0.2, 0) is 6.42 Å². The van der Waals surface area contributed by atoms with Crippen molar-refractivity contribution in [3.05, 3.63) is 109 Å². The molecule has 158 valence electrons. The fourth-order valence-corrected chi connectivity index (χ4v) is 4.12. The number of carbonyl (C=O) groups excluding carboxylic acids is 1. The maximum absolute atomic E-state index is 13.5. The molecule has 0 radical (unpaired) electrons. The molecule has 3 aromatic heterocycles. The van der Waals surface area contributed by atoms with Crippen molar-refractivity contribution in [1.82, 2.24) is 24.4 Å². The van der Waals surface area contributed by atoms with Gasteiger partial charge in [-0.05, 0) is 43.0 Å². The minimum absolute atomic E-state index is 0.0214. The van der Waals surface area contributed by atoms with Crippen molar-refractivity contribution < 1.29 is 4.79 Å². The standard InChI is InChI=1S/C24H19N5O2S/c1-15-5-9-17(10-6-15)14-19-23(31)28-22(21(30)20-4-3-13-32-20)27-29(24(28)26-25-19)18-11-7-16(2)8-12-18/h3-13H,14H2,1-2H3. The average molecular weight is 442 g/mol. The summed E-state index contributed by atoms with van der Waals surface area (Å²) in [5.41, 5.74) is 3.72. The van der Waals surface area contributed by atoms with Gasteiger partial charge < -0.3 is 0 Å². The summed E-state index contributed by atoms with van der Waals surface area (Å²) in [5, 5.41) is 14.8. The smallest absolute Gasteiger partial charge is 0.283 e. The Morgan fingerprint density at radius 2 is 1.62 bits per heavy atom. The molecule has 3 heterocycles. The first-order chi connectivity index (χ1) is 15.5. The molecule has 0 saturated carbocycles. The zero-order valence-corrected chi connectivity index (χ0v) is 18.3. The van der Waals surface area contributed by atoms with E-state index in [0.717, 1.165) is 16.7 Å². The number of nitrogens with zero attached hydrogens (tertiary/aromatic N) is 5. The molecule has 32 heavy (non-hydrogen) atoms. The van der Waals surface area contributed by atoms with Gasteiger partial charge in [0.15, 0.2) is 0 Å². The fraction of sp³-hybridized carbons (Fsp3) is 0.125. The molecule has 0 aliphatic rings. The molecule has 0 aliphatic heterocycles. The Labute approximate surface area is 187 Å². The van der Waals surface area contributed by atoms with Gasteiger partial charge in [0.05, 0.1) is 10.6 Å². The van der Waals surface area contributed by atoms with Crippen LogP contribution < -0.4 is 5.56 Å². The van der Waals surface area contributed by atoms with E-state index in [1.54, 1.807) is 12.1 Å². The summed E-state index contributed by atoms with van der Waals surface area (Å²) in [6.07, 6.45) is 0.317. The van der Waals surface area contributed by atoms with Crippen LogP contribution in [0.5, 0.6) is 0 Å². The van der Waals surface area contributed by atoms with Gasteiger partial charge in [-0.15, -0.1) is 26.6 Å². The number of rotatable bonds is 5. The Kier molecular flexibility index (Phi) is 4.99. The second-order valence-electron chi connectivity index (χ2n) is 7.63. The third-order valence-electron chi connectivity index (χ3n) is 5.22. The van der Waals surface area contributed by atoms with Gasteiger partial charge in [0.1, 0.15) is 5.69 Å². The first-order valence-corrected chi connectivity index (χ1v) is 11.0. The summed E-state index contributed by atoms with van der Waals surface area (Å²) in [7, 11) is 0. The first-order valence-electron chi connectivity index (χ1n) is 10.1. The largest absolute Gasteiger partial charge is 0.284 e. The zero-order chi connectivity index (χ0) is 22.2. The summed E-state index contributed by atoms with van der Waals surface area (Å²) in [6, 6.07) is 19.0. The van der Waals surface area contributed by atoms with E-state index >= 15 is 0 Å². The minimum Gasteiger partial charge on any atom is -0.284 e. The number of thiophene rings is 1. The van der Waals surface area contributed by atoms with E-state index in [-0.39, 0.29) is 23.1 Å². The molecular formula is C24H19N5O2S. The predicted molar refractivity (Wildman–Crippen MR) is 123 cm³/mol. The maximum Gasteiger partial charge on any atom is 0.283 e. The van der Waals surface area contributed by atoms with Gasteiger partial charge in [-0.3, -0.25) is 9.59 Å². The van der Waals surface area contributed by atoms with E-state index in [1.807, 2.05) is 67.8 Å². The lowest BCUT2D eigenvalue weighted by Crippen LogP contribution is -2.25. The second kappa shape index (κ2) is 7.97. The maximum atomic E-state index is 13.5. The SMILES string of the molecule is Cc1ccc(Cc2nnc3n(-c4ccc(C)cc4)nc(C(=O)c4cccs4)n3c2=O)cc1. The summed E-state index contributed by atoms with van der Waals surface area (Å²) in [5.74, 6) is -0.105. The normalized spacial score (nSPS) is 11.2. The number of ketones is 1. The Balaban J connectivity index is 1.70. The van der Waals surface area contributed by atoms with Crippen LogP contribution in [0.1, 0.15) is 37.9 Å². The fourth-order valence-electron chi connectivity index (χ4n) is 3.46. The molecule has 0 amide bonds. The van der Waals surface area contributed by atoms with Crippen molar-refractivity contribution in [1.29, 1.82) is 0 Å². The summed E-state index contributed by atoms with van der Waals surface area (Å²) < 4.78 is 2.77. The van der Waals surface area contributed by atoms with Crippen LogP contribution in [0.3, 0.4) is 0 Å². The highest BCUT2D eigenvalue weighted by Gasteiger charge is 2.24. The van der Waals surface area contributed by atoms with Crippen LogP contribution in [0, 0.1) is 13.8 Å². The van der Waals surface area contributed by atoms with E-state index in [2.05, 4.69) is 15.3 Å². The molecular weight excluding hydrogens is 422 g/mol. The minimum atomic E-state index is -0.395. The zero-order valence-electron chi connectivity index (χ0n) is 17.5. The number of aromatic nitrogens is 5. The number of fused-ring (bicyclic) bond motifs is 1. The van der Waals surface area contributed by atoms with Gasteiger partial charge in [-0.25, -0.2) is 4.40 Å². The molecule has 0 aliphatic carbocycles. The van der Waals surface area contributed by atoms with Crippen molar-refractivity contribution in [2.75, 3.05) is 0 Å². The van der Waals surface area contributed by atoms with Crippen LogP contribution in [0.25, 0.3) is 11.5 Å². The number of aryl methyl sites for hydroxylation is 2. The Hall–Kier alpha value is -3.91. The number of hydrogen-bond acceptors (Lipinski definition) is 6. The Morgan fingerprint density at radius 1 is 0.938 bits per heavy atom. The molecule has 2 aromatic carbocycles. The van der Waals surface area contributed by atoms with E-state index in [1.165, 1.54) is 20.4 Å². The summed E-state index contributed by atoms with van der Waals surface area (Å²) in [4.78, 5) is 27.2. The molecule has 5 rings (SSSR count). The molecule has 8 heteroatoms. The van der Waals surface area contributed by atoms with Gasteiger partial charge in [0.25, 0.3) is 11.3 Å². The van der Waals surface area contributed by atoms with E-state index in [4.69, 9.17) is 0 Å². The molecule has 0 atom stereocenters. The van der Waals surface area contributed by atoms with Gasteiger partial charge in [-0.1, -0.05) is 53.6 Å². The van der Waals surface area contributed by atoms with E-state index in [9.17, 15) is 9.59 Å². The summed E-state index contributed by atoms with van der Waals surface area (Å²) in [6.45, 7) is 3.99. The van der Waals surface area contributed by atoms with Crippen molar-refractivity contribution in [3.63, 3.8) is 0 Å². The van der Waals surface area contributed by atoms with Crippen molar-refractivity contribution >= 4 is 22.9 Å². The van der Waals surface area contributed by atoms with Crippen LogP contribution in [0.2, 0.25) is 0 Å². The monoisotopic (exact) mass is 441 g/mol. The molecule has 0 spiro atoms. The van der Waals surface area contributed by atoms with Crippen molar-refractivity contribution in [3.8, 4) is 5.69 Å². The highest BCUT2D eigenvalue weighted by molar-refractivity contribution is 7.12. The highest BCUT2D eigenvalue weighted by atomic mass is 32.1. The predicted octanol–water partition coefficient (Wildman–Crippen LogP) is 3.78. The van der Waals surface area contributed by atoms with Crippen LogP contribution in [0.4, 0.5) is 0 Å². The van der Waals surface area contributed by atoms with Crippen LogP contribution in [-0.4, -0.2) is 30.2 Å². The molecule has 0 unspecified atom stereocenters. The molecule has 0 saturated heterocycles. The topological polar surface area (TPSA) is 82.2 Å². The van der Waals surface area contributed by atoms with Crippen molar-refractivity contribution in [2.45, 2.75) is 20.3 Å². The number of hydrogen-bond donors (Lipinski definition) is 0. The summed E-state index contributed by atoms with van der Waals surface area (Å²) >= 11 is 1.31. The first kappa shape index (κ1) is 20.0. The lowest BCUT2D eigenvalue weighted by molar-refractivity contribution is 0.103. The molecule has 0 fully saturated rings. The Morgan fingerprint density at radius 3 is 2.28 bits per heavy atom. The van der Waals surface area contributed by atoms with Gasteiger partial charge in [0, 0.05) is 6.42 Å². The van der Waals surface area contributed by atoms with Crippen LogP contribution in [0.15, 0.2) is 70.8 Å². The lowest BCUT2D eigenvalue weighted by atomic mass is 10.1. The molecule has 7 nitrogen and oxygen atoms in total. The van der Waals surface area contributed by atoms with Gasteiger partial charge in [-0.2, -0.15) is 4.68 Å². The molecule has 0 bridgehead atoms. The number of benzene rings is 2. The van der Waals surface area contributed by atoms with Gasteiger partial charge in [0.2, 0.25) is 11.6 Å². The van der Waals surface area contributed by atoms with E-state index < -0.39 is 5.56 Å². The second-order valence-corrected chi connectivity index (χ2v) is 8.57. The molecule has 0 N–H and O–H groups in total. The quantitative estimate of drug-likeness (QED) is 0.388. The average Bonchev–Trinajstić information content (AvgIpc) is 3.46. The highest BCUT2D eigenvalue weighted by Crippen LogP contribution is 2.18.